The molecule has 0 N–H and O–H groups in total. The summed E-state index contributed by atoms with van der Waals surface area (Å²) in [7, 11) is 1.54. The van der Waals surface area contributed by atoms with Crippen LogP contribution in [0.1, 0.15) is 17.0 Å². The lowest BCUT2D eigenvalue weighted by atomic mass is 10.2. The number of hydrogen-bond acceptors (Lipinski definition) is 7. The van der Waals surface area contributed by atoms with Gasteiger partial charge < -0.3 is 9.39 Å². The van der Waals surface area contributed by atoms with Gasteiger partial charge in [0.2, 0.25) is 0 Å². The van der Waals surface area contributed by atoms with Crippen LogP contribution in [-0.2, 0) is 4.65 Å². The number of nitrogens with zero attached hydrogens (tertiary/aromatic N) is 4. The van der Waals surface area contributed by atoms with Gasteiger partial charge in [0.1, 0.15) is 18.5 Å². The predicted octanol–water partition coefficient (Wildman–Crippen LogP) is 3.62. The summed E-state index contributed by atoms with van der Waals surface area (Å²) in [5.74, 6) is -0.0561. The van der Waals surface area contributed by atoms with E-state index in [1.807, 2.05) is 35.4 Å². The molecule has 8 nitrogen and oxygen atoms in total. The van der Waals surface area contributed by atoms with E-state index in [0.717, 1.165) is 5.56 Å². The van der Waals surface area contributed by atoms with Gasteiger partial charge in [-0.25, -0.2) is 9.07 Å². The van der Waals surface area contributed by atoms with Crippen LogP contribution in [0.2, 0.25) is 0 Å². The molecule has 2 rings (SSSR count). The van der Waals surface area contributed by atoms with Crippen LogP contribution in [0.15, 0.2) is 12.3 Å². The summed E-state index contributed by atoms with van der Waals surface area (Å²) in [6.07, 6.45) is 0.393. The number of alkyl halides is 1. The van der Waals surface area contributed by atoms with Gasteiger partial charge in [0.05, 0.1) is 16.3 Å². The molecule has 0 aliphatic carbocycles. The first-order chi connectivity index (χ1) is 12.7. The molecule has 27 heavy (non-hydrogen) atoms. The highest BCUT2D eigenvalue weighted by atomic mass is 127. The van der Waals surface area contributed by atoms with Gasteiger partial charge in [0.25, 0.3) is 0 Å². The molecule has 1 atom stereocenters. The number of aryl methyl sites for hydroxylation is 2. The Morgan fingerprint density at radius 2 is 2.19 bits per heavy atom. The fourth-order valence-corrected chi connectivity index (χ4v) is 3.53. The zero-order chi connectivity index (χ0) is 20.1. The summed E-state index contributed by atoms with van der Waals surface area (Å²) in [6, 6.07) is 1.83. The minimum absolute atomic E-state index is 0.149. The molecular weight excluding hydrogens is 489 g/mol. The van der Waals surface area contributed by atoms with E-state index in [-0.39, 0.29) is 28.0 Å². The molecule has 0 aromatic carbocycles. The van der Waals surface area contributed by atoms with Crippen LogP contribution in [0.5, 0.6) is 5.88 Å². The quantitative estimate of drug-likeness (QED) is 0.221. The minimum Gasteiger partial charge on any atom is -0.469 e. The molecule has 0 saturated heterocycles. The first-order valence-corrected chi connectivity index (χ1v) is 10.3. The van der Waals surface area contributed by atoms with E-state index in [2.05, 4.69) is 10.1 Å². The van der Waals surface area contributed by atoms with Gasteiger partial charge >= 0.3 is 15.6 Å². The van der Waals surface area contributed by atoms with Gasteiger partial charge in [-0.05, 0) is 32.4 Å². The maximum atomic E-state index is 14.0. The molecular formula is C15H19BFIN4O4S. The van der Waals surface area contributed by atoms with E-state index in [1.165, 1.54) is 23.4 Å². The summed E-state index contributed by atoms with van der Waals surface area (Å²) in [4.78, 5) is 15.2. The van der Waals surface area contributed by atoms with Gasteiger partial charge in [0, 0.05) is 19.1 Å². The van der Waals surface area contributed by atoms with Gasteiger partial charge in [-0.15, -0.1) is 5.10 Å². The van der Waals surface area contributed by atoms with E-state index < -0.39 is 11.1 Å². The molecule has 0 aliphatic rings. The van der Waals surface area contributed by atoms with E-state index in [4.69, 9.17) is 9.39 Å². The number of aromatic nitrogens is 3. The van der Waals surface area contributed by atoms with Crippen LogP contribution in [0.3, 0.4) is 0 Å². The normalized spacial score (nSPS) is 12.1. The third kappa shape index (κ3) is 5.54. The molecule has 0 spiro atoms. The van der Waals surface area contributed by atoms with E-state index >= 15 is 0 Å². The lowest BCUT2D eigenvalue weighted by Crippen LogP contribution is -2.18. The fourth-order valence-electron chi connectivity index (χ4n) is 2.31. The number of halogens is 2. The predicted molar refractivity (Wildman–Crippen MR) is 112 cm³/mol. The van der Waals surface area contributed by atoms with E-state index in [0.29, 0.717) is 17.1 Å². The Hall–Kier alpha value is -1.41. The molecule has 2 heterocycles. The smallest absolute Gasteiger partial charge is 0.435 e. The maximum Gasteiger partial charge on any atom is 0.435 e. The second-order valence-corrected chi connectivity index (χ2v) is 8.85. The van der Waals surface area contributed by atoms with Crippen molar-refractivity contribution in [1.82, 2.24) is 14.8 Å². The number of nitro groups is 1. The van der Waals surface area contributed by atoms with Crippen molar-refractivity contribution in [1.29, 1.82) is 0 Å². The number of hydrogen-bond donors (Lipinski definition) is 0. The van der Waals surface area contributed by atoms with Gasteiger partial charge in [-0.1, -0.05) is 22.4 Å². The highest BCUT2D eigenvalue weighted by molar-refractivity contribution is 14.1. The maximum absolute atomic E-state index is 14.0. The second kappa shape index (κ2) is 9.69. The molecule has 0 bridgehead atoms. The summed E-state index contributed by atoms with van der Waals surface area (Å²) in [5, 5.41) is 15.7. The first-order valence-electron chi connectivity index (χ1n) is 7.97. The van der Waals surface area contributed by atoms with Crippen LogP contribution in [0.4, 0.5) is 10.1 Å². The van der Waals surface area contributed by atoms with Gasteiger partial charge in [0.15, 0.2) is 0 Å². The molecule has 2 aromatic heterocycles. The Kier molecular flexibility index (Phi) is 7.85. The molecule has 0 amide bonds. The molecule has 1 unspecified atom stereocenters. The molecule has 2 aromatic rings. The van der Waals surface area contributed by atoms with Crippen LogP contribution in [0, 0.1) is 30.9 Å². The molecule has 0 aliphatic heterocycles. The average Bonchev–Trinajstić information content (AvgIpc) is 2.96. The van der Waals surface area contributed by atoms with Crippen molar-refractivity contribution in [3.8, 4) is 11.6 Å². The Morgan fingerprint density at radius 1 is 1.48 bits per heavy atom. The van der Waals surface area contributed by atoms with Crippen molar-refractivity contribution in [2.24, 2.45) is 0 Å². The molecule has 0 saturated carbocycles. The van der Waals surface area contributed by atoms with E-state index in [9.17, 15) is 14.5 Å². The topological polar surface area (TPSA) is 92.3 Å². The summed E-state index contributed by atoms with van der Waals surface area (Å²) >= 11 is 3.32. The number of rotatable bonds is 9. The number of ether oxygens (including phenoxy) is 1. The summed E-state index contributed by atoms with van der Waals surface area (Å²) < 4.78 is 25.7. The Bertz CT molecular complexity index is 825. The zero-order valence-electron chi connectivity index (χ0n) is 15.3. The summed E-state index contributed by atoms with van der Waals surface area (Å²) in [6.45, 7) is 4.89. The third-order valence-electron chi connectivity index (χ3n) is 3.66. The highest BCUT2D eigenvalue weighted by Gasteiger charge is 2.29. The van der Waals surface area contributed by atoms with Gasteiger partial charge in [-0.3, -0.25) is 15.1 Å². The van der Waals surface area contributed by atoms with Crippen molar-refractivity contribution in [3.05, 3.63) is 39.3 Å². The fraction of sp³-hybridized carbons (Fsp3) is 0.467. The SMILES string of the molecule is COB(I)SCC(F)COc1nn(-c2cc(C)cnc2C)c(C)c1[N+](=O)[O-]. The molecule has 146 valence electrons. The largest absolute Gasteiger partial charge is 0.469 e. The minimum atomic E-state index is -1.31. The molecule has 0 fully saturated rings. The standard InChI is InChI=1S/C15H19BFIN4O4S/c1-9-5-13(10(2)19-6-9)21-11(3)14(22(23)24)15(20-21)26-7-12(17)8-27-16(18)25-4/h5-6,12H,7-8H2,1-4H3. The Labute approximate surface area is 174 Å². The third-order valence-corrected chi connectivity index (χ3v) is 6.25. The lowest BCUT2D eigenvalue weighted by Gasteiger charge is -2.09. The molecule has 12 heteroatoms. The highest BCUT2D eigenvalue weighted by Crippen LogP contribution is 2.32. The van der Waals surface area contributed by atoms with Crippen molar-refractivity contribution in [3.63, 3.8) is 0 Å². The van der Waals surface area contributed by atoms with Crippen molar-refractivity contribution in [2.75, 3.05) is 19.5 Å². The average molecular weight is 508 g/mol. The first kappa shape index (κ1) is 21.9. The molecule has 0 radical (unpaired) electrons. The van der Waals surface area contributed by atoms with Gasteiger partial charge in [-0.2, -0.15) is 11.6 Å². The lowest BCUT2D eigenvalue weighted by molar-refractivity contribution is -0.386. The monoisotopic (exact) mass is 508 g/mol. The summed E-state index contributed by atoms with van der Waals surface area (Å²) in [5.41, 5.74) is 2.19. The van der Waals surface area contributed by atoms with Crippen molar-refractivity contribution in [2.45, 2.75) is 26.9 Å². The van der Waals surface area contributed by atoms with Crippen LogP contribution >= 0.6 is 34.0 Å². The Morgan fingerprint density at radius 3 is 2.81 bits per heavy atom. The van der Waals surface area contributed by atoms with Crippen LogP contribution in [-0.4, -0.2) is 49.4 Å². The van der Waals surface area contributed by atoms with Crippen LogP contribution < -0.4 is 4.74 Å². The zero-order valence-corrected chi connectivity index (χ0v) is 18.3. The van der Waals surface area contributed by atoms with Crippen molar-refractivity contribution >= 4 is 43.7 Å². The van der Waals surface area contributed by atoms with Crippen molar-refractivity contribution < 1.29 is 18.7 Å². The number of pyridine rings is 1. The second-order valence-electron chi connectivity index (χ2n) is 5.78. The Balaban J connectivity index is 2.24. The van der Waals surface area contributed by atoms with Crippen LogP contribution in [0.25, 0.3) is 5.69 Å². The van der Waals surface area contributed by atoms with E-state index in [1.54, 1.807) is 20.0 Å².